The van der Waals surface area contributed by atoms with Crippen LogP contribution in [0.15, 0.2) is 47.1 Å². The molecule has 1 aromatic carbocycles. The average molecular weight is 283 g/mol. The summed E-state index contributed by atoms with van der Waals surface area (Å²) in [5, 5.41) is 0. The minimum atomic E-state index is 0.815. The van der Waals surface area contributed by atoms with Gasteiger partial charge < -0.3 is 9.40 Å². The van der Waals surface area contributed by atoms with Gasteiger partial charge >= 0.3 is 0 Å². The number of H-pyrrole nitrogens is 1. The number of aromatic nitrogens is 2. The Morgan fingerprint density at radius 1 is 1.14 bits per heavy atom. The number of furan rings is 1. The molecule has 110 valence electrons. The molecule has 0 aliphatic heterocycles. The standard InChI is InChI=1S/C17H21N3O/c1-2-3-10-20(12-14-7-6-11-21-14)13-17-18-15-8-4-5-9-16(15)19-17/h4-9,11H,2-3,10,12-13H2,1H3,(H,18,19). The number of hydrogen-bond acceptors (Lipinski definition) is 3. The topological polar surface area (TPSA) is 45.1 Å². The van der Waals surface area contributed by atoms with Crippen LogP contribution in [0, 0.1) is 0 Å². The number of benzene rings is 1. The quantitative estimate of drug-likeness (QED) is 0.714. The van der Waals surface area contributed by atoms with Crippen LogP contribution in [0.3, 0.4) is 0 Å². The zero-order valence-corrected chi connectivity index (χ0v) is 12.4. The highest BCUT2D eigenvalue weighted by atomic mass is 16.3. The highest BCUT2D eigenvalue weighted by molar-refractivity contribution is 5.74. The van der Waals surface area contributed by atoms with Crippen molar-refractivity contribution >= 4 is 11.0 Å². The van der Waals surface area contributed by atoms with Crippen LogP contribution in [0.25, 0.3) is 11.0 Å². The molecular weight excluding hydrogens is 262 g/mol. The number of nitrogens with zero attached hydrogens (tertiary/aromatic N) is 2. The van der Waals surface area contributed by atoms with Crippen LogP contribution in [0.4, 0.5) is 0 Å². The van der Waals surface area contributed by atoms with E-state index in [0.717, 1.165) is 42.3 Å². The molecule has 0 atom stereocenters. The normalized spacial score (nSPS) is 11.5. The number of para-hydroxylation sites is 2. The van der Waals surface area contributed by atoms with Gasteiger partial charge in [-0.25, -0.2) is 4.98 Å². The molecule has 0 spiro atoms. The summed E-state index contributed by atoms with van der Waals surface area (Å²) in [5.74, 6) is 2.01. The number of imidazole rings is 1. The highest BCUT2D eigenvalue weighted by Gasteiger charge is 2.11. The van der Waals surface area contributed by atoms with E-state index in [1.54, 1.807) is 6.26 Å². The molecule has 0 aliphatic carbocycles. The lowest BCUT2D eigenvalue weighted by Crippen LogP contribution is -2.24. The molecule has 0 saturated carbocycles. The lowest BCUT2D eigenvalue weighted by molar-refractivity contribution is 0.227. The van der Waals surface area contributed by atoms with Gasteiger partial charge in [-0.15, -0.1) is 0 Å². The molecule has 2 heterocycles. The molecule has 3 aromatic rings. The Kier molecular flexibility index (Phi) is 4.36. The molecule has 3 rings (SSSR count). The zero-order valence-electron chi connectivity index (χ0n) is 12.4. The van der Waals surface area contributed by atoms with E-state index >= 15 is 0 Å². The predicted octanol–water partition coefficient (Wildman–Crippen LogP) is 3.96. The molecule has 0 bridgehead atoms. The second-order valence-corrected chi connectivity index (χ2v) is 5.34. The van der Waals surface area contributed by atoms with Gasteiger partial charge in [0.2, 0.25) is 0 Å². The van der Waals surface area contributed by atoms with Crippen molar-refractivity contribution in [1.29, 1.82) is 0 Å². The molecule has 1 N–H and O–H groups in total. The van der Waals surface area contributed by atoms with Gasteiger partial charge in [-0.2, -0.15) is 0 Å². The van der Waals surface area contributed by atoms with Crippen LogP contribution in [0.1, 0.15) is 31.4 Å². The van der Waals surface area contributed by atoms with Crippen molar-refractivity contribution in [2.24, 2.45) is 0 Å². The van der Waals surface area contributed by atoms with Gasteiger partial charge in [0.05, 0.1) is 30.4 Å². The maximum Gasteiger partial charge on any atom is 0.121 e. The summed E-state index contributed by atoms with van der Waals surface area (Å²) in [4.78, 5) is 10.4. The fraction of sp³-hybridized carbons (Fsp3) is 0.353. The molecule has 0 aliphatic rings. The second-order valence-electron chi connectivity index (χ2n) is 5.34. The molecule has 0 radical (unpaired) electrons. The molecule has 4 heteroatoms. The van der Waals surface area contributed by atoms with Crippen LogP contribution in [-0.2, 0) is 13.1 Å². The Bertz CT molecular complexity index is 639. The predicted molar refractivity (Wildman–Crippen MR) is 83.8 cm³/mol. The smallest absolute Gasteiger partial charge is 0.121 e. The van der Waals surface area contributed by atoms with Gasteiger partial charge in [0, 0.05) is 0 Å². The van der Waals surface area contributed by atoms with E-state index < -0.39 is 0 Å². The number of aromatic amines is 1. The van der Waals surface area contributed by atoms with Crippen molar-refractivity contribution in [1.82, 2.24) is 14.9 Å². The highest BCUT2D eigenvalue weighted by Crippen LogP contribution is 2.14. The Labute approximate surface area is 124 Å². The van der Waals surface area contributed by atoms with E-state index in [1.165, 1.54) is 12.8 Å². The van der Waals surface area contributed by atoms with Crippen molar-refractivity contribution in [2.45, 2.75) is 32.9 Å². The largest absolute Gasteiger partial charge is 0.468 e. The van der Waals surface area contributed by atoms with Crippen molar-refractivity contribution < 1.29 is 4.42 Å². The SMILES string of the molecule is CCCCN(Cc1nc2ccccc2[nH]1)Cc1ccco1. The number of rotatable bonds is 7. The second kappa shape index (κ2) is 6.59. The minimum absolute atomic E-state index is 0.815. The van der Waals surface area contributed by atoms with E-state index in [9.17, 15) is 0 Å². The van der Waals surface area contributed by atoms with Crippen molar-refractivity contribution in [3.05, 3.63) is 54.2 Å². The minimum Gasteiger partial charge on any atom is -0.468 e. The Balaban J connectivity index is 1.73. The first-order chi connectivity index (χ1) is 10.3. The van der Waals surface area contributed by atoms with Crippen LogP contribution in [-0.4, -0.2) is 21.4 Å². The summed E-state index contributed by atoms with van der Waals surface area (Å²) < 4.78 is 5.47. The number of nitrogens with one attached hydrogen (secondary N) is 1. The van der Waals surface area contributed by atoms with Gasteiger partial charge in [0.25, 0.3) is 0 Å². The van der Waals surface area contributed by atoms with Gasteiger partial charge in [-0.05, 0) is 37.2 Å². The monoisotopic (exact) mass is 283 g/mol. The molecule has 0 saturated heterocycles. The summed E-state index contributed by atoms with van der Waals surface area (Å²) in [6, 6.07) is 12.1. The molecular formula is C17H21N3O. The van der Waals surface area contributed by atoms with Crippen LogP contribution < -0.4 is 0 Å². The molecule has 0 unspecified atom stereocenters. The summed E-state index contributed by atoms with van der Waals surface area (Å²) in [5.41, 5.74) is 2.13. The molecule has 0 fully saturated rings. The Hall–Kier alpha value is -2.07. The lowest BCUT2D eigenvalue weighted by atomic mass is 10.3. The van der Waals surface area contributed by atoms with Gasteiger partial charge in [0.15, 0.2) is 0 Å². The average Bonchev–Trinajstić information content (AvgIpc) is 3.13. The number of hydrogen-bond donors (Lipinski definition) is 1. The van der Waals surface area contributed by atoms with Crippen LogP contribution in [0.2, 0.25) is 0 Å². The van der Waals surface area contributed by atoms with E-state index in [-0.39, 0.29) is 0 Å². The van der Waals surface area contributed by atoms with E-state index in [1.807, 2.05) is 30.3 Å². The van der Waals surface area contributed by atoms with E-state index in [0.29, 0.717) is 0 Å². The number of fused-ring (bicyclic) bond motifs is 1. The molecule has 21 heavy (non-hydrogen) atoms. The third kappa shape index (κ3) is 3.52. The Morgan fingerprint density at radius 3 is 2.81 bits per heavy atom. The third-order valence-electron chi connectivity index (χ3n) is 3.60. The van der Waals surface area contributed by atoms with Crippen molar-refractivity contribution in [2.75, 3.05) is 6.54 Å². The zero-order chi connectivity index (χ0) is 14.5. The molecule has 2 aromatic heterocycles. The molecule has 0 amide bonds. The third-order valence-corrected chi connectivity index (χ3v) is 3.60. The maximum atomic E-state index is 5.47. The van der Waals surface area contributed by atoms with Crippen molar-refractivity contribution in [3.63, 3.8) is 0 Å². The fourth-order valence-corrected chi connectivity index (χ4v) is 2.51. The van der Waals surface area contributed by atoms with E-state index in [2.05, 4.69) is 27.9 Å². The van der Waals surface area contributed by atoms with Crippen LogP contribution in [0.5, 0.6) is 0 Å². The fourth-order valence-electron chi connectivity index (χ4n) is 2.51. The maximum absolute atomic E-state index is 5.47. The Morgan fingerprint density at radius 2 is 2.05 bits per heavy atom. The summed E-state index contributed by atoms with van der Waals surface area (Å²) in [6.07, 6.45) is 4.10. The number of unbranched alkanes of at least 4 members (excludes halogenated alkanes) is 1. The summed E-state index contributed by atoms with van der Waals surface area (Å²) in [6.45, 7) is 4.90. The molecule has 4 nitrogen and oxygen atoms in total. The summed E-state index contributed by atoms with van der Waals surface area (Å²) in [7, 11) is 0. The van der Waals surface area contributed by atoms with Crippen LogP contribution >= 0.6 is 0 Å². The first kappa shape index (κ1) is 13.9. The van der Waals surface area contributed by atoms with Gasteiger partial charge in [0.1, 0.15) is 11.6 Å². The van der Waals surface area contributed by atoms with Gasteiger partial charge in [-0.3, -0.25) is 4.90 Å². The van der Waals surface area contributed by atoms with E-state index in [4.69, 9.17) is 4.42 Å². The van der Waals surface area contributed by atoms with Crippen molar-refractivity contribution in [3.8, 4) is 0 Å². The van der Waals surface area contributed by atoms with Gasteiger partial charge in [-0.1, -0.05) is 25.5 Å². The lowest BCUT2D eigenvalue weighted by Gasteiger charge is -2.19. The first-order valence-electron chi connectivity index (χ1n) is 7.53. The first-order valence-corrected chi connectivity index (χ1v) is 7.53. The summed E-state index contributed by atoms with van der Waals surface area (Å²) >= 11 is 0.